The molecule has 0 N–H and O–H groups in total. The fourth-order valence-corrected chi connectivity index (χ4v) is 13.3. The smallest absolute Gasteiger partial charge is 0.145 e. The second kappa shape index (κ2) is 19.0. The van der Waals surface area contributed by atoms with E-state index in [0.717, 1.165) is 61.6 Å². The SMILES string of the molecule is Cc1ccc(-c2cc(N(c3ccc(C(C)C)cc3)c3ccc4c(c3)C3(c5ccccc5-c5ccccc53)c3cc(N(c5ccc(C(C)C)cc5)c5ccc(C)c(-c6ccc(C)cc6)c5)c5c(oc6ccccc65)c3-4)ccc2C)cc1. The van der Waals surface area contributed by atoms with Crippen molar-refractivity contribution in [1.82, 2.24) is 0 Å². The number of furan rings is 1. The Morgan fingerprint density at radius 1 is 0.362 bits per heavy atom. The van der Waals surface area contributed by atoms with E-state index in [9.17, 15) is 0 Å². The summed E-state index contributed by atoms with van der Waals surface area (Å²) in [6.07, 6.45) is 0. The molecule has 0 radical (unpaired) electrons. The van der Waals surface area contributed by atoms with Gasteiger partial charge in [-0.1, -0.05) is 197 Å². The molecule has 0 atom stereocenters. The minimum absolute atomic E-state index is 0.386. The molecule has 0 bridgehead atoms. The summed E-state index contributed by atoms with van der Waals surface area (Å²) < 4.78 is 7.45. The maximum Gasteiger partial charge on any atom is 0.145 e. The third kappa shape index (κ3) is 7.70. The number of benzene rings is 11. The number of para-hydroxylation sites is 1. The first-order valence-corrected chi connectivity index (χ1v) is 28.4. The summed E-state index contributed by atoms with van der Waals surface area (Å²) in [7, 11) is 0. The van der Waals surface area contributed by atoms with Crippen molar-refractivity contribution in [3.8, 4) is 44.5 Å². The van der Waals surface area contributed by atoms with Crippen LogP contribution in [-0.2, 0) is 5.41 Å². The first-order chi connectivity index (χ1) is 39.0. The number of rotatable bonds is 10. The highest BCUT2D eigenvalue weighted by Crippen LogP contribution is 2.66. The van der Waals surface area contributed by atoms with Gasteiger partial charge in [-0.15, -0.1) is 0 Å². The molecule has 0 unspecified atom stereocenters. The van der Waals surface area contributed by atoms with E-state index in [1.54, 1.807) is 0 Å². The van der Waals surface area contributed by atoms with Gasteiger partial charge in [-0.05, 0) is 196 Å². The third-order valence-corrected chi connectivity index (χ3v) is 17.5. The molecule has 1 spiro atoms. The van der Waals surface area contributed by atoms with Gasteiger partial charge in [0.15, 0.2) is 0 Å². The quantitative estimate of drug-likeness (QED) is 0.136. The molecule has 0 amide bonds. The van der Waals surface area contributed by atoms with Crippen LogP contribution in [0.1, 0.15) is 95.2 Å². The highest BCUT2D eigenvalue weighted by molar-refractivity contribution is 6.20. The van der Waals surface area contributed by atoms with Crippen LogP contribution in [0.2, 0.25) is 0 Å². The lowest BCUT2D eigenvalue weighted by Gasteiger charge is -2.33. The number of hydrogen-bond acceptors (Lipinski definition) is 3. The van der Waals surface area contributed by atoms with Crippen molar-refractivity contribution < 1.29 is 4.42 Å². The average molecular weight is 1030 g/mol. The van der Waals surface area contributed by atoms with Crippen LogP contribution in [0.15, 0.2) is 235 Å². The summed E-state index contributed by atoms with van der Waals surface area (Å²) in [6, 6.07) is 87.1. The summed E-state index contributed by atoms with van der Waals surface area (Å²) in [4.78, 5) is 4.98. The first-order valence-electron chi connectivity index (χ1n) is 28.4. The van der Waals surface area contributed by atoms with Gasteiger partial charge >= 0.3 is 0 Å². The van der Waals surface area contributed by atoms with Crippen molar-refractivity contribution in [3.63, 3.8) is 0 Å². The molecule has 0 fully saturated rings. The topological polar surface area (TPSA) is 19.6 Å². The Morgan fingerprint density at radius 3 is 1.38 bits per heavy atom. The molecule has 80 heavy (non-hydrogen) atoms. The van der Waals surface area contributed by atoms with Crippen LogP contribution in [-0.4, -0.2) is 0 Å². The molecule has 1 aromatic heterocycles. The molecule has 12 aromatic rings. The second-order valence-corrected chi connectivity index (χ2v) is 23.1. The van der Waals surface area contributed by atoms with Crippen LogP contribution in [0, 0.1) is 27.7 Å². The molecule has 2 aliphatic carbocycles. The number of anilines is 6. The van der Waals surface area contributed by atoms with Crippen molar-refractivity contribution in [2.75, 3.05) is 9.80 Å². The van der Waals surface area contributed by atoms with Gasteiger partial charge in [-0.25, -0.2) is 0 Å². The zero-order valence-corrected chi connectivity index (χ0v) is 46.9. The molecular formula is C77H64N2O. The third-order valence-electron chi connectivity index (χ3n) is 17.5. The van der Waals surface area contributed by atoms with Gasteiger partial charge in [-0.2, -0.15) is 0 Å². The Morgan fingerprint density at radius 2 is 0.825 bits per heavy atom. The van der Waals surface area contributed by atoms with Crippen LogP contribution in [0.25, 0.3) is 66.4 Å². The van der Waals surface area contributed by atoms with Crippen LogP contribution in [0.3, 0.4) is 0 Å². The zero-order chi connectivity index (χ0) is 54.6. The Balaban J connectivity index is 1.08. The minimum Gasteiger partial charge on any atom is -0.455 e. The van der Waals surface area contributed by atoms with Gasteiger partial charge in [-0.3, -0.25) is 0 Å². The normalized spacial score (nSPS) is 12.8. The monoisotopic (exact) mass is 1030 g/mol. The predicted molar refractivity (Wildman–Crippen MR) is 337 cm³/mol. The molecule has 3 nitrogen and oxygen atoms in total. The molecule has 0 aliphatic heterocycles. The maximum atomic E-state index is 7.45. The van der Waals surface area contributed by atoms with E-state index < -0.39 is 5.41 Å². The van der Waals surface area contributed by atoms with Gasteiger partial charge in [0, 0.05) is 39.4 Å². The summed E-state index contributed by atoms with van der Waals surface area (Å²) in [5, 5.41) is 2.17. The van der Waals surface area contributed by atoms with Crippen LogP contribution >= 0.6 is 0 Å². The molecular weight excluding hydrogens is 969 g/mol. The summed E-state index contributed by atoms with van der Waals surface area (Å²) >= 11 is 0. The van der Waals surface area contributed by atoms with Crippen molar-refractivity contribution in [2.24, 2.45) is 0 Å². The molecule has 3 heteroatoms. The van der Waals surface area contributed by atoms with E-state index in [2.05, 4.69) is 296 Å². The van der Waals surface area contributed by atoms with E-state index in [1.165, 1.54) is 94.6 Å². The Hall–Kier alpha value is -9.18. The zero-order valence-electron chi connectivity index (χ0n) is 46.9. The van der Waals surface area contributed by atoms with Crippen LogP contribution < -0.4 is 9.80 Å². The lowest BCUT2D eigenvalue weighted by Crippen LogP contribution is -2.26. The van der Waals surface area contributed by atoms with Gasteiger partial charge < -0.3 is 14.2 Å². The lowest BCUT2D eigenvalue weighted by molar-refractivity contribution is 0.669. The van der Waals surface area contributed by atoms with Crippen molar-refractivity contribution in [3.05, 3.63) is 286 Å². The van der Waals surface area contributed by atoms with Crippen molar-refractivity contribution in [2.45, 2.75) is 72.6 Å². The van der Waals surface area contributed by atoms with E-state index in [1.807, 2.05) is 0 Å². The first kappa shape index (κ1) is 49.1. The van der Waals surface area contributed by atoms with Crippen molar-refractivity contribution >= 4 is 56.1 Å². The highest BCUT2D eigenvalue weighted by atomic mass is 16.3. The molecule has 0 saturated carbocycles. The standard InChI is InChI=1S/C77H64N2O/c1-47(2)53-31-37-57(38-32-53)78(59-35-25-51(7)66(43-59)55-27-21-49(5)22-28-55)61-41-42-64-70(45-61)77(68-18-12-9-15-62(68)63-16-10-13-19-69(63)77)71-46-72(75-65-17-11-14-20-73(65)80-76(75)74(64)71)79(58-39-33-54(34-40-58)48(3)4)60-36-26-52(8)67(44-60)56-29-23-50(6)24-30-56/h9-48H,1-8H3. The van der Waals surface area contributed by atoms with E-state index in [-0.39, 0.29) is 0 Å². The molecule has 11 aromatic carbocycles. The summed E-state index contributed by atoms with van der Waals surface area (Å²) in [6.45, 7) is 17.8. The second-order valence-electron chi connectivity index (χ2n) is 23.1. The lowest BCUT2D eigenvalue weighted by atomic mass is 9.70. The summed E-state index contributed by atoms with van der Waals surface area (Å²) in [5.41, 5.74) is 29.8. The van der Waals surface area contributed by atoms with E-state index >= 15 is 0 Å². The molecule has 2 aliphatic rings. The minimum atomic E-state index is -0.725. The van der Waals surface area contributed by atoms with Crippen LogP contribution in [0.4, 0.5) is 34.1 Å². The molecule has 14 rings (SSSR count). The fourth-order valence-electron chi connectivity index (χ4n) is 13.3. The van der Waals surface area contributed by atoms with E-state index in [0.29, 0.717) is 11.8 Å². The number of fused-ring (bicyclic) bond motifs is 14. The summed E-state index contributed by atoms with van der Waals surface area (Å²) in [5.74, 6) is 0.791. The average Bonchev–Trinajstić information content (AvgIpc) is 4.29. The van der Waals surface area contributed by atoms with Gasteiger partial charge in [0.1, 0.15) is 11.2 Å². The van der Waals surface area contributed by atoms with Crippen LogP contribution in [0.5, 0.6) is 0 Å². The predicted octanol–water partition coefficient (Wildman–Crippen LogP) is 21.7. The van der Waals surface area contributed by atoms with Gasteiger partial charge in [0.2, 0.25) is 0 Å². The van der Waals surface area contributed by atoms with Gasteiger partial charge in [0.25, 0.3) is 0 Å². The molecule has 0 saturated heterocycles. The number of hydrogen-bond donors (Lipinski definition) is 0. The van der Waals surface area contributed by atoms with Gasteiger partial charge in [0.05, 0.1) is 16.5 Å². The molecule has 388 valence electrons. The fraction of sp³-hybridized carbons (Fsp3) is 0.143. The van der Waals surface area contributed by atoms with Crippen molar-refractivity contribution in [1.29, 1.82) is 0 Å². The maximum absolute atomic E-state index is 7.45. The Kier molecular flexibility index (Phi) is 11.7. The molecule has 1 heterocycles. The number of aryl methyl sites for hydroxylation is 4. The Bertz CT molecular complexity index is 4340. The largest absolute Gasteiger partial charge is 0.455 e. The number of nitrogens with zero attached hydrogens (tertiary/aromatic N) is 2. The Labute approximate surface area is 471 Å². The highest BCUT2D eigenvalue weighted by Gasteiger charge is 2.53. The van der Waals surface area contributed by atoms with E-state index in [4.69, 9.17) is 4.42 Å².